The van der Waals surface area contributed by atoms with Gasteiger partial charge in [0.05, 0.1) is 5.69 Å². The zero-order valence-electron chi connectivity index (χ0n) is 10.9. The summed E-state index contributed by atoms with van der Waals surface area (Å²) in [6.45, 7) is 0. The molecular weight excluding hydrogens is 296 g/mol. The molecule has 0 aliphatic heterocycles. The molecule has 0 fully saturated rings. The molecule has 19 heavy (non-hydrogen) atoms. The molecule has 0 atom stereocenters. The number of aromatic nitrogens is 1. The van der Waals surface area contributed by atoms with Gasteiger partial charge in [-0.2, -0.15) is 4.99 Å². The lowest BCUT2D eigenvalue weighted by Gasteiger charge is -2.07. The second-order valence-electron chi connectivity index (χ2n) is 4.03. The van der Waals surface area contributed by atoms with E-state index in [1.54, 1.807) is 20.7 Å². The second-order valence-corrected chi connectivity index (χ2v) is 6.46. The molecule has 0 saturated heterocycles. The first-order chi connectivity index (χ1) is 9.08. The predicted octanol–water partition coefficient (Wildman–Crippen LogP) is 2.13. The van der Waals surface area contributed by atoms with Crippen molar-refractivity contribution in [3.8, 4) is 0 Å². The third-order valence-electron chi connectivity index (χ3n) is 2.32. The van der Waals surface area contributed by atoms with Crippen molar-refractivity contribution in [1.29, 1.82) is 0 Å². The van der Waals surface area contributed by atoms with Gasteiger partial charge in [-0.1, -0.05) is 18.2 Å². The number of rotatable bonds is 1. The predicted molar refractivity (Wildman–Crippen MR) is 84.7 cm³/mol. The Labute approximate surface area is 124 Å². The van der Waals surface area contributed by atoms with Gasteiger partial charge in [0.15, 0.2) is 5.11 Å². The summed E-state index contributed by atoms with van der Waals surface area (Å²) in [7, 11) is 8.89. The average molecular weight is 310 g/mol. The van der Waals surface area contributed by atoms with Crippen LogP contribution in [0, 0.1) is 0 Å². The highest BCUT2D eigenvalue weighted by Gasteiger charge is 2.00. The summed E-state index contributed by atoms with van der Waals surface area (Å²) < 4.78 is 1.96. The standard InChI is InChI=1S/C12H14N4S3/c1-15(2)10(17)14-12-16(3)11(18-19-12)13-9-7-5-4-6-8-9/h4-8H,1-3H3/b13-11?,14-12-. The van der Waals surface area contributed by atoms with Gasteiger partial charge in [-0.05, 0) is 45.0 Å². The quantitative estimate of drug-likeness (QED) is 0.597. The molecule has 7 heteroatoms. The number of benzene rings is 1. The van der Waals surface area contributed by atoms with E-state index < -0.39 is 0 Å². The van der Waals surface area contributed by atoms with Crippen LogP contribution in [0.5, 0.6) is 0 Å². The number of thiocarbonyl (C=S) groups is 1. The smallest absolute Gasteiger partial charge is 0.204 e. The fourth-order valence-electron chi connectivity index (χ4n) is 1.25. The molecule has 100 valence electrons. The molecular formula is C12H14N4S3. The topological polar surface area (TPSA) is 32.9 Å². The van der Waals surface area contributed by atoms with Gasteiger partial charge in [0.25, 0.3) is 0 Å². The van der Waals surface area contributed by atoms with E-state index in [1.807, 2.05) is 60.9 Å². The van der Waals surface area contributed by atoms with Gasteiger partial charge in [-0.3, -0.25) is 4.57 Å². The minimum Gasteiger partial charge on any atom is -0.353 e. The van der Waals surface area contributed by atoms with E-state index >= 15 is 0 Å². The Morgan fingerprint density at radius 1 is 1.16 bits per heavy atom. The second kappa shape index (κ2) is 6.23. The molecule has 0 unspecified atom stereocenters. The molecule has 1 aromatic heterocycles. The molecule has 0 spiro atoms. The lowest BCUT2D eigenvalue weighted by atomic mass is 10.3. The van der Waals surface area contributed by atoms with E-state index in [9.17, 15) is 0 Å². The molecule has 2 rings (SSSR count). The third-order valence-corrected chi connectivity index (χ3v) is 5.03. The Morgan fingerprint density at radius 3 is 2.42 bits per heavy atom. The Balaban J connectivity index is 2.45. The van der Waals surface area contributed by atoms with Crippen LogP contribution < -0.4 is 9.60 Å². The Kier molecular flexibility index (Phi) is 4.62. The van der Waals surface area contributed by atoms with Crippen LogP contribution in [0.4, 0.5) is 5.69 Å². The number of para-hydroxylation sites is 1. The van der Waals surface area contributed by atoms with Crippen molar-refractivity contribution in [2.75, 3.05) is 14.1 Å². The van der Waals surface area contributed by atoms with Crippen molar-refractivity contribution in [1.82, 2.24) is 9.47 Å². The van der Waals surface area contributed by atoms with Gasteiger partial charge >= 0.3 is 0 Å². The van der Waals surface area contributed by atoms with Crippen molar-refractivity contribution in [3.05, 3.63) is 39.9 Å². The zero-order chi connectivity index (χ0) is 13.8. The first-order valence-corrected chi connectivity index (χ1v) is 8.15. The van der Waals surface area contributed by atoms with E-state index in [-0.39, 0.29) is 0 Å². The van der Waals surface area contributed by atoms with E-state index in [4.69, 9.17) is 12.2 Å². The Hall–Kier alpha value is -1.31. The van der Waals surface area contributed by atoms with Crippen LogP contribution in [0.2, 0.25) is 0 Å². The zero-order valence-corrected chi connectivity index (χ0v) is 13.3. The minimum absolute atomic E-state index is 0.566. The van der Waals surface area contributed by atoms with Gasteiger partial charge in [-0.25, -0.2) is 4.99 Å². The molecule has 0 radical (unpaired) electrons. The van der Waals surface area contributed by atoms with Crippen LogP contribution in [0.1, 0.15) is 0 Å². The largest absolute Gasteiger partial charge is 0.353 e. The van der Waals surface area contributed by atoms with Crippen LogP contribution in [0.15, 0.2) is 40.3 Å². The number of hydrogen-bond acceptors (Lipinski definition) is 4. The van der Waals surface area contributed by atoms with Crippen molar-refractivity contribution in [2.24, 2.45) is 17.0 Å². The fraction of sp³-hybridized carbons (Fsp3) is 0.250. The molecule has 0 aliphatic rings. The van der Waals surface area contributed by atoms with Crippen molar-refractivity contribution in [2.45, 2.75) is 0 Å². The maximum atomic E-state index is 5.19. The van der Waals surface area contributed by atoms with Crippen LogP contribution in [0.25, 0.3) is 0 Å². The van der Waals surface area contributed by atoms with E-state index in [2.05, 4.69) is 9.98 Å². The first kappa shape index (κ1) is 14.1. The summed E-state index contributed by atoms with van der Waals surface area (Å²) in [5.41, 5.74) is 0.939. The van der Waals surface area contributed by atoms with Gasteiger partial charge in [-0.15, -0.1) is 0 Å². The maximum Gasteiger partial charge on any atom is 0.204 e. The molecule has 1 heterocycles. The van der Waals surface area contributed by atoms with Crippen molar-refractivity contribution >= 4 is 43.7 Å². The van der Waals surface area contributed by atoms with Gasteiger partial charge in [0.2, 0.25) is 9.60 Å². The monoisotopic (exact) mass is 310 g/mol. The molecule has 0 amide bonds. The summed E-state index contributed by atoms with van der Waals surface area (Å²) in [5, 5.41) is 0.566. The normalized spacial score (nSPS) is 12.8. The molecule has 0 N–H and O–H groups in total. The summed E-state index contributed by atoms with van der Waals surface area (Å²) in [6, 6.07) is 9.88. The first-order valence-electron chi connectivity index (χ1n) is 5.60. The van der Waals surface area contributed by atoms with Crippen LogP contribution >= 0.6 is 32.9 Å². The Morgan fingerprint density at radius 2 is 1.79 bits per heavy atom. The Bertz CT molecular complexity index is 692. The SMILES string of the molecule is CN(C)C(=S)/N=c1\ssc(=Nc2ccccc2)n1C. The molecule has 0 bridgehead atoms. The van der Waals surface area contributed by atoms with Gasteiger partial charge in [0.1, 0.15) is 0 Å². The maximum absolute atomic E-state index is 5.19. The average Bonchev–Trinajstić information content (AvgIpc) is 2.73. The van der Waals surface area contributed by atoms with Gasteiger partial charge < -0.3 is 4.90 Å². The van der Waals surface area contributed by atoms with Gasteiger partial charge in [0, 0.05) is 21.1 Å². The highest BCUT2D eigenvalue weighted by molar-refractivity contribution is 7.80. The van der Waals surface area contributed by atoms with Crippen molar-refractivity contribution in [3.63, 3.8) is 0 Å². The number of hydrogen-bond donors (Lipinski definition) is 0. The third kappa shape index (κ3) is 3.59. The summed E-state index contributed by atoms with van der Waals surface area (Å²) >= 11 is 5.19. The number of nitrogens with zero attached hydrogens (tertiary/aromatic N) is 4. The van der Waals surface area contributed by atoms with E-state index in [0.29, 0.717) is 5.11 Å². The fourth-order valence-corrected chi connectivity index (χ4v) is 3.61. The minimum atomic E-state index is 0.566. The summed E-state index contributed by atoms with van der Waals surface area (Å²) in [6.07, 6.45) is 0. The lowest BCUT2D eigenvalue weighted by molar-refractivity contribution is 0.625. The van der Waals surface area contributed by atoms with E-state index in [1.165, 1.54) is 0 Å². The molecule has 0 saturated carbocycles. The summed E-state index contributed by atoms with van der Waals surface area (Å²) in [5.74, 6) is 0. The van der Waals surface area contributed by atoms with E-state index in [0.717, 1.165) is 15.3 Å². The van der Waals surface area contributed by atoms with Crippen molar-refractivity contribution < 1.29 is 0 Å². The molecule has 0 aliphatic carbocycles. The molecule has 4 nitrogen and oxygen atoms in total. The highest BCUT2D eigenvalue weighted by Crippen LogP contribution is 2.08. The highest BCUT2D eigenvalue weighted by atomic mass is 32.9. The van der Waals surface area contributed by atoms with Crippen LogP contribution in [-0.4, -0.2) is 28.7 Å². The van der Waals surface area contributed by atoms with Crippen LogP contribution in [0.3, 0.4) is 0 Å². The lowest BCUT2D eigenvalue weighted by Crippen LogP contribution is -2.26. The molecule has 1 aromatic carbocycles. The summed E-state index contributed by atoms with van der Waals surface area (Å²) in [4.78, 5) is 12.6. The molecule has 2 aromatic rings. The van der Waals surface area contributed by atoms with Crippen LogP contribution in [-0.2, 0) is 7.05 Å².